The van der Waals surface area contributed by atoms with Crippen molar-refractivity contribution in [1.29, 1.82) is 0 Å². The molecule has 2 amide bonds. The van der Waals surface area contributed by atoms with Crippen LogP contribution in [0.4, 0.5) is 13.2 Å². The van der Waals surface area contributed by atoms with Crippen LogP contribution in [0, 0.1) is 0 Å². The molecule has 3 rings (SSSR count). The summed E-state index contributed by atoms with van der Waals surface area (Å²) < 4.78 is 54.3. The number of nitrogens with one attached hydrogen (secondary N) is 1. The summed E-state index contributed by atoms with van der Waals surface area (Å²) >= 11 is 0. The summed E-state index contributed by atoms with van der Waals surface area (Å²) in [5.74, 6) is -0.644. The van der Waals surface area contributed by atoms with Crippen LogP contribution in [0.15, 0.2) is 47.1 Å². The molecule has 0 saturated carbocycles. The molecule has 2 heterocycles. The monoisotopic (exact) mass is 426 g/mol. The average molecular weight is 426 g/mol. The fourth-order valence-electron chi connectivity index (χ4n) is 2.95. The number of ether oxygens (including phenoxy) is 2. The number of carbonyl (C=O) groups is 2. The molecule has 2 aromatic rings. The molecule has 1 aromatic heterocycles. The van der Waals surface area contributed by atoms with E-state index in [1.54, 1.807) is 17.0 Å². The quantitative estimate of drug-likeness (QED) is 0.736. The number of nitrogens with zero attached hydrogens (tertiary/aromatic N) is 1. The molecule has 1 atom stereocenters. The second kappa shape index (κ2) is 9.77. The zero-order chi connectivity index (χ0) is 21.6. The van der Waals surface area contributed by atoms with Crippen molar-refractivity contribution >= 4 is 11.8 Å². The first-order valence-electron chi connectivity index (χ1n) is 9.28. The van der Waals surface area contributed by atoms with Gasteiger partial charge in [0.1, 0.15) is 0 Å². The third-order valence-corrected chi connectivity index (χ3v) is 4.46. The molecule has 0 bridgehead atoms. The lowest BCUT2D eigenvalue weighted by molar-refractivity contribution is -0.140. The molecule has 1 fully saturated rings. The number of rotatable bonds is 7. The lowest BCUT2D eigenvalue weighted by atomic mass is 10.1. The molecular formula is C20H21F3N2O5. The number of hydrogen-bond acceptors (Lipinski definition) is 5. The van der Waals surface area contributed by atoms with E-state index in [1.165, 1.54) is 18.4 Å². The molecule has 0 spiro atoms. The standard InChI is InChI=1S/C20H21F3N2O5/c21-20(22,23)15-4-1-3-14(9-15)12-28-13-16-11-25(6-8-29-16)18(26)10-24-19(27)17-5-2-7-30-17/h1-5,7,9,16H,6,8,10-13H2,(H,24,27). The maximum Gasteiger partial charge on any atom is 0.416 e. The number of halogens is 3. The summed E-state index contributed by atoms with van der Waals surface area (Å²) in [5.41, 5.74) is -0.333. The van der Waals surface area contributed by atoms with Crippen LogP contribution in [0.3, 0.4) is 0 Å². The predicted molar refractivity (Wildman–Crippen MR) is 98.5 cm³/mol. The number of alkyl halides is 3. The Morgan fingerprint density at radius 2 is 2.07 bits per heavy atom. The van der Waals surface area contributed by atoms with Crippen molar-refractivity contribution in [2.75, 3.05) is 32.8 Å². The van der Waals surface area contributed by atoms with Gasteiger partial charge < -0.3 is 24.1 Å². The van der Waals surface area contributed by atoms with E-state index >= 15 is 0 Å². The number of morpholine rings is 1. The van der Waals surface area contributed by atoms with Crippen molar-refractivity contribution in [3.05, 3.63) is 59.5 Å². The summed E-state index contributed by atoms with van der Waals surface area (Å²) in [7, 11) is 0. The van der Waals surface area contributed by atoms with Crippen molar-refractivity contribution in [3.63, 3.8) is 0 Å². The van der Waals surface area contributed by atoms with Gasteiger partial charge in [0.05, 0.1) is 44.3 Å². The van der Waals surface area contributed by atoms with Crippen LogP contribution in [0.1, 0.15) is 21.7 Å². The highest BCUT2D eigenvalue weighted by Crippen LogP contribution is 2.29. The molecule has 1 aliphatic rings. The molecular weight excluding hydrogens is 405 g/mol. The fourth-order valence-corrected chi connectivity index (χ4v) is 2.95. The van der Waals surface area contributed by atoms with Crippen molar-refractivity contribution in [1.82, 2.24) is 10.2 Å². The molecule has 1 N–H and O–H groups in total. The zero-order valence-electron chi connectivity index (χ0n) is 16.0. The SMILES string of the molecule is O=C(NCC(=O)N1CCOC(COCc2cccc(C(F)(F)F)c2)C1)c1ccco1. The first kappa shape index (κ1) is 21.8. The molecule has 162 valence electrons. The number of benzene rings is 1. The molecule has 0 aliphatic carbocycles. The van der Waals surface area contributed by atoms with Crippen molar-refractivity contribution in [2.24, 2.45) is 0 Å². The predicted octanol–water partition coefficient (Wildman–Crippen LogP) is 2.47. The maximum atomic E-state index is 12.8. The van der Waals surface area contributed by atoms with E-state index in [0.717, 1.165) is 12.1 Å². The minimum Gasteiger partial charge on any atom is -0.459 e. The lowest BCUT2D eigenvalue weighted by Crippen LogP contribution is -2.50. The van der Waals surface area contributed by atoms with Gasteiger partial charge in [-0.15, -0.1) is 0 Å². The van der Waals surface area contributed by atoms with Gasteiger partial charge in [0.15, 0.2) is 5.76 Å². The third-order valence-electron chi connectivity index (χ3n) is 4.46. The smallest absolute Gasteiger partial charge is 0.416 e. The zero-order valence-corrected chi connectivity index (χ0v) is 16.0. The van der Waals surface area contributed by atoms with Gasteiger partial charge in [-0.2, -0.15) is 13.2 Å². The van der Waals surface area contributed by atoms with Crippen molar-refractivity contribution in [2.45, 2.75) is 18.9 Å². The maximum absolute atomic E-state index is 12.8. The van der Waals surface area contributed by atoms with E-state index in [4.69, 9.17) is 13.9 Å². The highest BCUT2D eigenvalue weighted by molar-refractivity contribution is 5.94. The first-order chi connectivity index (χ1) is 14.3. The number of hydrogen-bond donors (Lipinski definition) is 1. The van der Waals surface area contributed by atoms with Crippen molar-refractivity contribution in [3.8, 4) is 0 Å². The van der Waals surface area contributed by atoms with Crippen molar-refractivity contribution < 1.29 is 36.7 Å². The molecule has 1 aromatic carbocycles. The number of furan rings is 1. The highest BCUT2D eigenvalue weighted by Gasteiger charge is 2.30. The third kappa shape index (κ3) is 6.07. The topological polar surface area (TPSA) is 81.0 Å². The van der Waals surface area contributed by atoms with Crippen LogP contribution in [0.2, 0.25) is 0 Å². The Kier molecular flexibility index (Phi) is 7.11. The van der Waals surface area contributed by atoms with Gasteiger partial charge in [0.25, 0.3) is 5.91 Å². The Balaban J connectivity index is 1.42. The average Bonchev–Trinajstić information content (AvgIpc) is 3.27. The van der Waals surface area contributed by atoms with Gasteiger partial charge >= 0.3 is 6.18 Å². The summed E-state index contributed by atoms with van der Waals surface area (Å²) in [6.07, 6.45) is -3.45. The Labute approximate surface area is 170 Å². The minimum atomic E-state index is -4.41. The minimum absolute atomic E-state index is 0.00304. The van der Waals surface area contributed by atoms with Crippen LogP contribution < -0.4 is 5.32 Å². The largest absolute Gasteiger partial charge is 0.459 e. The van der Waals surface area contributed by atoms with E-state index in [1.807, 2.05) is 0 Å². The summed E-state index contributed by atoms with van der Waals surface area (Å²) in [5, 5.41) is 2.49. The second-order valence-corrected chi connectivity index (χ2v) is 6.71. The molecule has 1 unspecified atom stereocenters. The van der Waals surface area contributed by atoms with Gasteiger partial charge in [0, 0.05) is 13.1 Å². The Morgan fingerprint density at radius 1 is 1.23 bits per heavy atom. The summed E-state index contributed by atoms with van der Waals surface area (Å²) in [4.78, 5) is 25.7. The molecule has 30 heavy (non-hydrogen) atoms. The second-order valence-electron chi connectivity index (χ2n) is 6.71. The van der Waals surface area contributed by atoms with Crippen LogP contribution in [-0.4, -0.2) is 55.7 Å². The molecule has 0 radical (unpaired) electrons. The van der Waals surface area contributed by atoms with Crippen LogP contribution >= 0.6 is 0 Å². The van der Waals surface area contributed by atoms with Gasteiger partial charge in [0.2, 0.25) is 5.91 Å². The van der Waals surface area contributed by atoms with E-state index in [9.17, 15) is 22.8 Å². The van der Waals surface area contributed by atoms with Gasteiger partial charge in [-0.05, 0) is 29.8 Å². The van der Waals surface area contributed by atoms with Gasteiger partial charge in [-0.1, -0.05) is 12.1 Å². The molecule has 1 aliphatic heterocycles. The normalized spacial score (nSPS) is 17.0. The number of carbonyl (C=O) groups excluding carboxylic acids is 2. The van der Waals surface area contributed by atoms with E-state index in [0.29, 0.717) is 18.7 Å². The molecule has 1 saturated heterocycles. The Morgan fingerprint density at radius 3 is 2.80 bits per heavy atom. The Bertz CT molecular complexity index is 854. The fraction of sp³-hybridized carbons (Fsp3) is 0.400. The van der Waals surface area contributed by atoms with Gasteiger partial charge in [-0.25, -0.2) is 0 Å². The summed E-state index contributed by atoms with van der Waals surface area (Å²) in [6, 6.07) is 7.99. The van der Waals surface area contributed by atoms with E-state index < -0.39 is 23.8 Å². The van der Waals surface area contributed by atoms with E-state index in [2.05, 4.69) is 5.32 Å². The molecule has 7 nitrogen and oxygen atoms in total. The van der Waals surface area contributed by atoms with Gasteiger partial charge in [-0.3, -0.25) is 9.59 Å². The Hall–Kier alpha value is -2.85. The highest BCUT2D eigenvalue weighted by atomic mass is 19.4. The lowest BCUT2D eigenvalue weighted by Gasteiger charge is -2.32. The molecule has 10 heteroatoms. The first-order valence-corrected chi connectivity index (χ1v) is 9.28. The van der Waals surface area contributed by atoms with Crippen LogP contribution in [-0.2, 0) is 27.1 Å². The summed E-state index contributed by atoms with van der Waals surface area (Å²) in [6.45, 7) is 0.875. The van der Waals surface area contributed by atoms with Crippen LogP contribution in [0.5, 0.6) is 0 Å². The number of amides is 2. The van der Waals surface area contributed by atoms with E-state index in [-0.39, 0.29) is 38.0 Å². The van der Waals surface area contributed by atoms with Crippen LogP contribution in [0.25, 0.3) is 0 Å².